The standard InChI is InChI=1S/C14H20ClN3O3S/c15-12-4-6-13(7-5-12)22(20,21)17-9-8-16-14(19)18-10-2-1-3-11-18/h4-7,17H,1-3,8-11H2,(H,16,19). The Morgan fingerprint density at radius 1 is 1.09 bits per heavy atom. The van der Waals surface area contributed by atoms with Gasteiger partial charge in [0.15, 0.2) is 0 Å². The minimum atomic E-state index is -3.57. The molecule has 2 rings (SSSR count). The molecule has 1 aliphatic heterocycles. The van der Waals surface area contributed by atoms with E-state index in [9.17, 15) is 13.2 Å². The molecule has 22 heavy (non-hydrogen) atoms. The van der Waals surface area contributed by atoms with Crippen molar-refractivity contribution in [1.29, 1.82) is 0 Å². The highest BCUT2D eigenvalue weighted by atomic mass is 35.5. The number of urea groups is 1. The summed E-state index contributed by atoms with van der Waals surface area (Å²) in [5.74, 6) is 0. The van der Waals surface area contributed by atoms with Crippen LogP contribution in [-0.2, 0) is 10.0 Å². The molecule has 8 heteroatoms. The van der Waals surface area contributed by atoms with E-state index >= 15 is 0 Å². The number of piperidine rings is 1. The Kier molecular flexibility index (Phi) is 6.05. The van der Waals surface area contributed by atoms with Crippen LogP contribution in [-0.4, -0.2) is 45.5 Å². The molecule has 0 unspecified atom stereocenters. The highest BCUT2D eigenvalue weighted by Crippen LogP contribution is 2.13. The van der Waals surface area contributed by atoms with Gasteiger partial charge in [0, 0.05) is 31.2 Å². The lowest BCUT2D eigenvalue weighted by molar-refractivity contribution is 0.186. The summed E-state index contributed by atoms with van der Waals surface area (Å²) in [5, 5.41) is 3.20. The van der Waals surface area contributed by atoms with Crippen LogP contribution in [0.3, 0.4) is 0 Å². The average Bonchev–Trinajstić information content (AvgIpc) is 2.52. The summed E-state index contributed by atoms with van der Waals surface area (Å²) in [6.45, 7) is 1.93. The number of carbonyl (C=O) groups is 1. The second-order valence-electron chi connectivity index (χ2n) is 5.13. The van der Waals surface area contributed by atoms with Gasteiger partial charge in [0.2, 0.25) is 10.0 Å². The van der Waals surface area contributed by atoms with Gasteiger partial charge in [0.25, 0.3) is 0 Å². The Bertz CT molecular complexity index is 598. The lowest BCUT2D eigenvalue weighted by Crippen LogP contribution is -2.45. The first-order valence-electron chi connectivity index (χ1n) is 7.27. The molecular formula is C14H20ClN3O3S. The van der Waals surface area contributed by atoms with E-state index in [0.29, 0.717) is 5.02 Å². The topological polar surface area (TPSA) is 78.5 Å². The van der Waals surface area contributed by atoms with Gasteiger partial charge < -0.3 is 10.2 Å². The van der Waals surface area contributed by atoms with Gasteiger partial charge in [-0.05, 0) is 43.5 Å². The van der Waals surface area contributed by atoms with Crippen molar-refractivity contribution in [3.05, 3.63) is 29.3 Å². The van der Waals surface area contributed by atoms with Gasteiger partial charge >= 0.3 is 6.03 Å². The molecule has 1 fully saturated rings. The number of likely N-dealkylation sites (tertiary alicyclic amines) is 1. The zero-order valence-corrected chi connectivity index (χ0v) is 13.8. The Morgan fingerprint density at radius 2 is 1.73 bits per heavy atom. The summed E-state index contributed by atoms with van der Waals surface area (Å²) in [6.07, 6.45) is 3.21. The maximum atomic E-state index is 12.0. The molecule has 2 N–H and O–H groups in total. The molecule has 122 valence electrons. The predicted octanol–water partition coefficient (Wildman–Crippen LogP) is 1.81. The van der Waals surface area contributed by atoms with Gasteiger partial charge in [0.05, 0.1) is 4.90 Å². The minimum absolute atomic E-state index is 0.134. The molecular weight excluding hydrogens is 326 g/mol. The van der Waals surface area contributed by atoms with Crippen molar-refractivity contribution in [2.75, 3.05) is 26.2 Å². The van der Waals surface area contributed by atoms with Crippen LogP contribution in [0.5, 0.6) is 0 Å². The molecule has 2 amide bonds. The SMILES string of the molecule is O=C(NCCNS(=O)(=O)c1ccc(Cl)cc1)N1CCCCC1. The number of rotatable bonds is 5. The fourth-order valence-corrected chi connectivity index (χ4v) is 3.42. The van der Waals surface area contributed by atoms with Crippen molar-refractivity contribution in [3.8, 4) is 0 Å². The molecule has 0 spiro atoms. The van der Waals surface area contributed by atoms with Gasteiger partial charge in [-0.1, -0.05) is 11.6 Å². The third kappa shape index (κ3) is 4.86. The van der Waals surface area contributed by atoms with Gasteiger partial charge in [-0.25, -0.2) is 17.9 Å². The van der Waals surface area contributed by atoms with Crippen LogP contribution in [0.2, 0.25) is 5.02 Å². The first-order valence-corrected chi connectivity index (χ1v) is 9.13. The van der Waals surface area contributed by atoms with Crippen LogP contribution < -0.4 is 10.0 Å². The molecule has 6 nitrogen and oxygen atoms in total. The van der Waals surface area contributed by atoms with Gasteiger partial charge in [-0.3, -0.25) is 0 Å². The van der Waals surface area contributed by atoms with Crippen molar-refractivity contribution in [3.63, 3.8) is 0 Å². The third-order valence-electron chi connectivity index (χ3n) is 3.46. The van der Waals surface area contributed by atoms with Gasteiger partial charge in [-0.15, -0.1) is 0 Å². The summed E-state index contributed by atoms with van der Waals surface area (Å²) < 4.78 is 26.5. The molecule has 1 aliphatic rings. The Labute approximate surface area is 135 Å². The Morgan fingerprint density at radius 3 is 2.36 bits per heavy atom. The third-order valence-corrected chi connectivity index (χ3v) is 5.19. The van der Waals surface area contributed by atoms with E-state index in [2.05, 4.69) is 10.0 Å². The summed E-state index contributed by atoms with van der Waals surface area (Å²) in [4.78, 5) is 13.8. The Hall–Kier alpha value is -1.31. The average molecular weight is 346 g/mol. The quantitative estimate of drug-likeness (QED) is 0.799. The van der Waals surface area contributed by atoms with Crippen LogP contribution in [0.1, 0.15) is 19.3 Å². The summed E-state index contributed by atoms with van der Waals surface area (Å²) >= 11 is 5.73. The lowest BCUT2D eigenvalue weighted by Gasteiger charge is -2.26. The first kappa shape index (κ1) is 17.1. The summed E-state index contributed by atoms with van der Waals surface area (Å²) in [6, 6.07) is 5.79. The minimum Gasteiger partial charge on any atom is -0.337 e. The molecule has 1 heterocycles. The van der Waals surface area contributed by atoms with E-state index in [-0.39, 0.29) is 24.0 Å². The van der Waals surface area contributed by atoms with E-state index in [1.165, 1.54) is 24.3 Å². The molecule has 0 atom stereocenters. The zero-order valence-electron chi connectivity index (χ0n) is 12.2. The van der Waals surface area contributed by atoms with Crippen molar-refractivity contribution in [2.24, 2.45) is 0 Å². The summed E-state index contributed by atoms with van der Waals surface area (Å²) in [7, 11) is -3.57. The monoisotopic (exact) mass is 345 g/mol. The first-order chi connectivity index (χ1) is 10.5. The molecule has 1 aromatic carbocycles. The predicted molar refractivity (Wildman–Crippen MR) is 85.5 cm³/mol. The van der Waals surface area contributed by atoms with Crippen LogP contribution in [0.4, 0.5) is 4.79 Å². The second kappa shape index (κ2) is 7.80. The number of benzene rings is 1. The maximum absolute atomic E-state index is 12.0. The molecule has 0 saturated carbocycles. The van der Waals surface area contributed by atoms with Crippen LogP contribution in [0, 0.1) is 0 Å². The van der Waals surface area contributed by atoms with Crippen molar-refractivity contribution in [2.45, 2.75) is 24.2 Å². The number of halogens is 1. The molecule has 1 saturated heterocycles. The van der Waals surface area contributed by atoms with Crippen LogP contribution in [0.15, 0.2) is 29.2 Å². The van der Waals surface area contributed by atoms with Gasteiger partial charge in [0.1, 0.15) is 0 Å². The molecule has 0 aromatic heterocycles. The lowest BCUT2D eigenvalue weighted by atomic mass is 10.1. The number of hydrogen-bond acceptors (Lipinski definition) is 3. The fraction of sp³-hybridized carbons (Fsp3) is 0.500. The molecule has 1 aromatic rings. The fourth-order valence-electron chi connectivity index (χ4n) is 2.26. The number of hydrogen-bond donors (Lipinski definition) is 2. The number of nitrogens with zero attached hydrogens (tertiary/aromatic N) is 1. The Balaban J connectivity index is 1.75. The van der Waals surface area contributed by atoms with Gasteiger partial charge in [-0.2, -0.15) is 0 Å². The van der Waals surface area contributed by atoms with Crippen LogP contribution >= 0.6 is 11.6 Å². The van der Waals surface area contributed by atoms with E-state index < -0.39 is 10.0 Å². The van der Waals surface area contributed by atoms with Crippen LogP contribution in [0.25, 0.3) is 0 Å². The molecule has 0 bridgehead atoms. The number of sulfonamides is 1. The molecule has 0 radical (unpaired) electrons. The normalized spacial score (nSPS) is 15.6. The molecule has 0 aliphatic carbocycles. The summed E-state index contributed by atoms with van der Waals surface area (Å²) in [5.41, 5.74) is 0. The number of carbonyl (C=O) groups excluding carboxylic acids is 1. The number of amides is 2. The van der Waals surface area contributed by atoms with E-state index in [4.69, 9.17) is 11.6 Å². The van der Waals surface area contributed by atoms with E-state index in [0.717, 1.165) is 32.4 Å². The van der Waals surface area contributed by atoms with Crippen molar-refractivity contribution < 1.29 is 13.2 Å². The smallest absolute Gasteiger partial charge is 0.317 e. The largest absolute Gasteiger partial charge is 0.337 e. The van der Waals surface area contributed by atoms with Crippen molar-refractivity contribution >= 4 is 27.7 Å². The van der Waals surface area contributed by atoms with Crippen molar-refractivity contribution in [1.82, 2.24) is 14.9 Å². The maximum Gasteiger partial charge on any atom is 0.317 e. The number of nitrogens with one attached hydrogen (secondary N) is 2. The highest BCUT2D eigenvalue weighted by molar-refractivity contribution is 7.89. The second-order valence-corrected chi connectivity index (χ2v) is 7.33. The zero-order chi connectivity index (χ0) is 16.0. The van der Waals surface area contributed by atoms with E-state index in [1.807, 2.05) is 0 Å². The van der Waals surface area contributed by atoms with E-state index in [1.54, 1.807) is 4.90 Å². The highest BCUT2D eigenvalue weighted by Gasteiger charge is 2.16.